The summed E-state index contributed by atoms with van der Waals surface area (Å²) in [5.74, 6) is 1.42. The predicted molar refractivity (Wildman–Crippen MR) is 120 cm³/mol. The highest BCUT2D eigenvalue weighted by Gasteiger charge is 2.27. The molecule has 0 bridgehead atoms. The first kappa shape index (κ1) is 19.8. The summed E-state index contributed by atoms with van der Waals surface area (Å²) in [7, 11) is 0. The minimum atomic E-state index is -0.177. The zero-order chi connectivity index (χ0) is 20.4. The molecule has 3 aromatic rings. The number of benzene rings is 1. The molecule has 4 rings (SSSR count). The Labute approximate surface area is 175 Å². The lowest BCUT2D eigenvalue weighted by Gasteiger charge is -2.38. The lowest BCUT2D eigenvalue weighted by Crippen LogP contribution is -2.53. The van der Waals surface area contributed by atoms with Gasteiger partial charge in [0.2, 0.25) is 5.91 Å². The molecule has 1 amide bonds. The van der Waals surface area contributed by atoms with Crippen LogP contribution in [0.4, 0.5) is 11.5 Å². The highest BCUT2D eigenvalue weighted by Crippen LogP contribution is 2.28. The van der Waals surface area contributed by atoms with Crippen molar-refractivity contribution in [3.8, 4) is 0 Å². The van der Waals surface area contributed by atoms with Crippen molar-refractivity contribution in [2.24, 2.45) is 0 Å². The van der Waals surface area contributed by atoms with Crippen molar-refractivity contribution >= 4 is 39.0 Å². The summed E-state index contributed by atoms with van der Waals surface area (Å²) in [6.45, 7) is 9.64. The second-order valence-corrected chi connectivity index (χ2v) is 8.66. The monoisotopic (exact) mass is 409 g/mol. The Morgan fingerprint density at radius 3 is 2.59 bits per heavy atom. The number of amides is 1. The van der Waals surface area contributed by atoms with Crippen LogP contribution in [0.1, 0.15) is 32.3 Å². The molecule has 1 fully saturated rings. The smallest absolute Gasteiger partial charge is 0.241 e. The summed E-state index contributed by atoms with van der Waals surface area (Å²) >= 11 is 1.64. The van der Waals surface area contributed by atoms with Crippen LogP contribution in [0.5, 0.6) is 0 Å². The van der Waals surface area contributed by atoms with Crippen molar-refractivity contribution in [2.45, 2.75) is 32.7 Å². The molecule has 1 saturated heterocycles. The topological polar surface area (TPSA) is 61.4 Å². The Morgan fingerprint density at radius 2 is 1.83 bits per heavy atom. The van der Waals surface area contributed by atoms with E-state index >= 15 is 0 Å². The molecule has 6 nitrogen and oxygen atoms in total. The van der Waals surface area contributed by atoms with Gasteiger partial charge < -0.3 is 10.2 Å². The lowest BCUT2D eigenvalue weighted by atomic mass is 10.0. The maximum atomic E-state index is 12.9. The van der Waals surface area contributed by atoms with Crippen LogP contribution < -0.4 is 10.2 Å². The van der Waals surface area contributed by atoms with E-state index in [4.69, 9.17) is 0 Å². The van der Waals surface area contributed by atoms with Gasteiger partial charge in [0, 0.05) is 31.9 Å². The predicted octanol–water partition coefficient (Wildman–Crippen LogP) is 3.96. The molecule has 1 unspecified atom stereocenters. The minimum Gasteiger partial charge on any atom is -0.353 e. The quantitative estimate of drug-likeness (QED) is 0.691. The van der Waals surface area contributed by atoms with Gasteiger partial charge in [-0.25, -0.2) is 9.97 Å². The third kappa shape index (κ3) is 4.11. The average molecular weight is 410 g/mol. The van der Waals surface area contributed by atoms with Gasteiger partial charge in [-0.05, 0) is 35.9 Å². The number of piperazine rings is 1. The molecule has 3 heterocycles. The molecule has 29 heavy (non-hydrogen) atoms. The van der Waals surface area contributed by atoms with Crippen LogP contribution in [-0.2, 0) is 4.79 Å². The summed E-state index contributed by atoms with van der Waals surface area (Å²) in [5, 5.41) is 6.31. The van der Waals surface area contributed by atoms with Crippen molar-refractivity contribution in [2.75, 3.05) is 36.4 Å². The fraction of sp³-hybridized carbons (Fsp3) is 0.409. The molecule has 0 radical (unpaired) electrons. The van der Waals surface area contributed by atoms with Gasteiger partial charge in [-0.3, -0.25) is 9.69 Å². The molecule has 1 aliphatic heterocycles. The summed E-state index contributed by atoms with van der Waals surface area (Å²) in [5.41, 5.74) is 2.08. The number of rotatable bonds is 5. The van der Waals surface area contributed by atoms with Crippen molar-refractivity contribution in [1.82, 2.24) is 14.9 Å². The van der Waals surface area contributed by atoms with Gasteiger partial charge in [0.15, 0.2) is 0 Å². The summed E-state index contributed by atoms with van der Waals surface area (Å²) < 4.78 is 0. The number of aromatic nitrogens is 2. The molecule has 1 atom stereocenters. The number of nitrogens with zero attached hydrogens (tertiary/aromatic N) is 4. The molecule has 2 aromatic heterocycles. The maximum Gasteiger partial charge on any atom is 0.241 e. The van der Waals surface area contributed by atoms with Gasteiger partial charge in [0.05, 0.1) is 11.4 Å². The number of anilines is 2. The summed E-state index contributed by atoms with van der Waals surface area (Å²) in [4.78, 5) is 27.3. The third-order valence-corrected chi connectivity index (χ3v) is 6.44. The fourth-order valence-electron chi connectivity index (χ4n) is 3.87. The molecule has 1 aromatic carbocycles. The zero-order valence-corrected chi connectivity index (χ0v) is 17.9. The first-order valence-corrected chi connectivity index (χ1v) is 11.0. The van der Waals surface area contributed by atoms with Crippen LogP contribution in [0.2, 0.25) is 0 Å². The molecule has 0 aliphatic carbocycles. The first-order chi connectivity index (χ1) is 14.0. The number of thiophene rings is 1. The van der Waals surface area contributed by atoms with E-state index in [1.54, 1.807) is 17.7 Å². The second-order valence-electron chi connectivity index (χ2n) is 7.77. The highest BCUT2D eigenvalue weighted by atomic mass is 32.1. The van der Waals surface area contributed by atoms with E-state index < -0.39 is 0 Å². The first-order valence-electron chi connectivity index (χ1n) is 10.1. The Balaban J connectivity index is 1.39. The molecular formula is C22H27N5OS. The van der Waals surface area contributed by atoms with Crippen LogP contribution in [0.3, 0.4) is 0 Å². The van der Waals surface area contributed by atoms with E-state index in [0.717, 1.165) is 47.9 Å². The number of carbonyl (C=O) groups excluding carboxylic acids is 1. The fourth-order valence-corrected chi connectivity index (χ4v) is 4.59. The van der Waals surface area contributed by atoms with E-state index in [1.807, 2.05) is 25.1 Å². The van der Waals surface area contributed by atoms with E-state index in [9.17, 15) is 4.79 Å². The van der Waals surface area contributed by atoms with Gasteiger partial charge in [0.25, 0.3) is 0 Å². The van der Waals surface area contributed by atoms with Crippen molar-refractivity contribution in [1.29, 1.82) is 0 Å². The van der Waals surface area contributed by atoms with E-state index in [-0.39, 0.29) is 11.9 Å². The lowest BCUT2D eigenvalue weighted by molar-refractivity contribution is -0.120. The average Bonchev–Trinajstić information content (AvgIpc) is 3.22. The molecular weight excluding hydrogens is 382 g/mol. The van der Waals surface area contributed by atoms with Crippen LogP contribution in [0, 0.1) is 0 Å². The van der Waals surface area contributed by atoms with Crippen LogP contribution >= 0.6 is 11.3 Å². The summed E-state index contributed by atoms with van der Waals surface area (Å²) in [6.07, 6.45) is 1.64. The number of carbonyl (C=O) groups is 1. The van der Waals surface area contributed by atoms with Crippen LogP contribution in [0.15, 0.2) is 42.0 Å². The maximum absolute atomic E-state index is 12.9. The van der Waals surface area contributed by atoms with Crippen LogP contribution in [-0.4, -0.2) is 53.0 Å². The number of para-hydroxylation sites is 1. The number of hydrogen-bond acceptors (Lipinski definition) is 6. The molecule has 152 valence electrons. The minimum absolute atomic E-state index is 0.0498. The summed E-state index contributed by atoms with van der Waals surface area (Å²) in [6, 6.07) is 9.96. The Bertz CT molecular complexity index is 994. The standard InChI is InChI=1S/C22H27N5OS/c1-15(2)17-6-4-5-7-19(17)25-21(28)16(3)26-9-11-27(12-10-26)20-18-8-13-29-22(18)24-14-23-20/h4-8,13-16H,9-12H2,1-3H3,(H,25,28). The van der Waals surface area contributed by atoms with Gasteiger partial charge in [-0.2, -0.15) is 0 Å². The van der Waals surface area contributed by atoms with E-state index in [2.05, 4.69) is 56.4 Å². The SMILES string of the molecule is CC(C)c1ccccc1NC(=O)C(C)N1CCN(c2ncnc3sccc23)CC1. The van der Waals surface area contributed by atoms with Gasteiger partial charge in [-0.15, -0.1) is 11.3 Å². The second kappa shape index (κ2) is 8.47. The Morgan fingerprint density at radius 1 is 1.07 bits per heavy atom. The molecule has 1 aliphatic rings. The zero-order valence-electron chi connectivity index (χ0n) is 17.1. The third-order valence-electron chi connectivity index (χ3n) is 5.62. The highest BCUT2D eigenvalue weighted by molar-refractivity contribution is 7.16. The molecule has 0 saturated carbocycles. The largest absolute Gasteiger partial charge is 0.353 e. The normalized spacial score (nSPS) is 16.3. The van der Waals surface area contributed by atoms with Crippen molar-refractivity contribution < 1.29 is 4.79 Å². The molecule has 1 N–H and O–H groups in total. The van der Waals surface area contributed by atoms with Crippen molar-refractivity contribution in [3.63, 3.8) is 0 Å². The van der Waals surface area contributed by atoms with Gasteiger partial charge in [0.1, 0.15) is 17.0 Å². The Hall–Kier alpha value is -2.51. The number of hydrogen-bond donors (Lipinski definition) is 1. The number of nitrogens with one attached hydrogen (secondary N) is 1. The number of fused-ring (bicyclic) bond motifs is 1. The van der Waals surface area contributed by atoms with E-state index in [0.29, 0.717) is 5.92 Å². The van der Waals surface area contributed by atoms with Crippen molar-refractivity contribution in [3.05, 3.63) is 47.6 Å². The van der Waals surface area contributed by atoms with Crippen LogP contribution in [0.25, 0.3) is 10.2 Å². The molecule has 0 spiro atoms. The Kier molecular flexibility index (Phi) is 5.78. The van der Waals surface area contributed by atoms with Gasteiger partial charge >= 0.3 is 0 Å². The molecule has 7 heteroatoms. The van der Waals surface area contributed by atoms with E-state index in [1.165, 1.54) is 5.56 Å². The van der Waals surface area contributed by atoms with Gasteiger partial charge in [-0.1, -0.05) is 32.0 Å².